The molecule has 6 bridgehead atoms. The Labute approximate surface area is 211 Å². The predicted molar refractivity (Wildman–Crippen MR) is 139 cm³/mol. The number of rotatable bonds is 0. The van der Waals surface area contributed by atoms with Gasteiger partial charge in [0, 0.05) is 17.7 Å². The summed E-state index contributed by atoms with van der Waals surface area (Å²) in [6.07, 6.45) is 9.29. The molecule has 0 saturated heterocycles. The molecule has 0 radical (unpaired) electrons. The van der Waals surface area contributed by atoms with Crippen molar-refractivity contribution in [2.75, 3.05) is 11.3 Å². The molecule has 1 aromatic heterocycles. The van der Waals surface area contributed by atoms with Gasteiger partial charge in [-0.05, 0) is 42.5 Å². The Morgan fingerprint density at radius 2 is 1.83 bits per heavy atom. The fourth-order valence-corrected chi connectivity index (χ4v) is 5.52. The molecular weight excluding hydrogens is 476 g/mol. The van der Waals surface area contributed by atoms with Crippen LogP contribution in [0.2, 0.25) is 0 Å². The third kappa shape index (κ3) is 5.75. The Morgan fingerprint density at radius 3 is 2.75 bits per heavy atom. The van der Waals surface area contributed by atoms with Crippen molar-refractivity contribution in [1.82, 2.24) is 15.3 Å². The van der Waals surface area contributed by atoms with Crippen molar-refractivity contribution >= 4 is 22.0 Å². The molecule has 1 unspecified atom stereocenters. The molecule has 2 aliphatic heterocycles. The molecule has 36 heavy (non-hydrogen) atoms. The van der Waals surface area contributed by atoms with Crippen molar-refractivity contribution < 1.29 is 18.3 Å². The highest BCUT2D eigenvalue weighted by Gasteiger charge is 2.23. The first-order valence-corrected chi connectivity index (χ1v) is 13.8. The van der Waals surface area contributed by atoms with Crippen LogP contribution < -0.4 is 14.8 Å². The van der Waals surface area contributed by atoms with Crippen molar-refractivity contribution in [2.24, 2.45) is 0 Å². The van der Waals surface area contributed by atoms with E-state index in [0.29, 0.717) is 11.3 Å². The molecular formula is C27H30N4O4S. The second-order valence-corrected chi connectivity index (χ2v) is 10.8. The van der Waals surface area contributed by atoms with Crippen LogP contribution in [-0.2, 0) is 10.0 Å². The topological polar surface area (TPSA) is 113 Å². The zero-order chi connectivity index (χ0) is 25.0. The minimum absolute atomic E-state index is 0.0161. The highest BCUT2D eigenvalue weighted by molar-refractivity contribution is 7.92. The van der Waals surface area contributed by atoms with E-state index in [-0.39, 0.29) is 29.4 Å². The van der Waals surface area contributed by atoms with E-state index in [1.165, 1.54) is 12.1 Å². The summed E-state index contributed by atoms with van der Waals surface area (Å²) in [7, 11) is -4.01. The van der Waals surface area contributed by atoms with E-state index in [4.69, 9.17) is 4.74 Å². The number of benzene rings is 2. The second kappa shape index (κ2) is 10.8. The van der Waals surface area contributed by atoms with E-state index in [2.05, 4.69) is 32.2 Å². The number of ether oxygens (including phenoxy) is 1. The standard InChI is InChI=1S/C27H30N4O4S/c32-26-20-12-9-14-22(16-20)36(33,34)31-27-29-24-17-25(30-27)35-18-21(28-26)13-6-4-2-1-3-5-10-19-11-7-8-15-23(19)24/h5,7-12,14-17,21,26,28,32H,1-4,6,13,18H2,(H,29,30,31)/b10-5+/t21-,26?/m1/s1. The fraction of sp³-hybridized carbons (Fsp3) is 0.333. The summed E-state index contributed by atoms with van der Waals surface area (Å²) >= 11 is 0. The van der Waals surface area contributed by atoms with Crippen molar-refractivity contribution in [3.8, 4) is 17.1 Å². The largest absolute Gasteiger partial charge is 0.476 e. The van der Waals surface area contributed by atoms with Gasteiger partial charge in [0.05, 0.1) is 10.6 Å². The fourth-order valence-electron chi connectivity index (χ4n) is 4.53. The van der Waals surface area contributed by atoms with Gasteiger partial charge in [0.1, 0.15) is 12.8 Å². The lowest BCUT2D eigenvalue weighted by molar-refractivity contribution is 0.104. The number of aromatic nitrogens is 2. The molecule has 2 atom stereocenters. The number of hydrogen-bond donors (Lipinski definition) is 3. The summed E-state index contributed by atoms with van der Waals surface area (Å²) in [5.74, 6) is 0.188. The molecule has 3 aromatic rings. The molecule has 0 spiro atoms. The molecule has 0 aliphatic carbocycles. The van der Waals surface area contributed by atoms with E-state index < -0.39 is 16.3 Å². The van der Waals surface area contributed by atoms with Gasteiger partial charge in [-0.15, -0.1) is 0 Å². The number of allylic oxidation sites excluding steroid dienone is 1. The van der Waals surface area contributed by atoms with E-state index in [1.54, 1.807) is 18.2 Å². The molecule has 0 saturated carbocycles. The molecule has 8 nitrogen and oxygen atoms in total. The zero-order valence-corrected chi connectivity index (χ0v) is 20.7. The third-order valence-electron chi connectivity index (χ3n) is 6.45. The maximum absolute atomic E-state index is 13.2. The van der Waals surface area contributed by atoms with Crippen molar-refractivity contribution in [3.05, 3.63) is 71.8 Å². The lowest BCUT2D eigenvalue weighted by Crippen LogP contribution is -2.37. The van der Waals surface area contributed by atoms with E-state index >= 15 is 0 Å². The summed E-state index contributed by atoms with van der Waals surface area (Å²) in [4.78, 5) is 8.93. The highest BCUT2D eigenvalue weighted by Crippen LogP contribution is 2.29. The number of fused-ring (bicyclic) bond motifs is 8. The summed E-state index contributed by atoms with van der Waals surface area (Å²) < 4.78 is 35.0. The molecule has 3 heterocycles. The van der Waals surface area contributed by atoms with Crippen molar-refractivity contribution in [3.63, 3.8) is 0 Å². The summed E-state index contributed by atoms with van der Waals surface area (Å²) in [5, 5.41) is 14.1. The molecule has 2 aliphatic rings. The normalized spacial score (nSPS) is 22.8. The molecule has 5 rings (SSSR count). The number of aliphatic hydroxyl groups excluding tert-OH is 1. The SMILES string of the molecule is O=S1(=O)Nc2nc3cc(n2)-c2ccccc2/C=C/CCCCCC[C@H](CO3)NC(O)c2cccc1c2. The van der Waals surface area contributed by atoms with Crippen LogP contribution in [0.25, 0.3) is 17.3 Å². The van der Waals surface area contributed by atoms with Crippen LogP contribution >= 0.6 is 0 Å². The molecule has 0 fully saturated rings. The minimum atomic E-state index is -4.01. The zero-order valence-electron chi connectivity index (χ0n) is 19.9. The Morgan fingerprint density at radius 1 is 0.972 bits per heavy atom. The number of sulfonamides is 1. The second-order valence-electron chi connectivity index (χ2n) is 9.15. The van der Waals surface area contributed by atoms with Crippen LogP contribution in [0.15, 0.2) is 65.6 Å². The van der Waals surface area contributed by atoms with Crippen LogP contribution in [0.1, 0.15) is 55.9 Å². The Balaban J connectivity index is 1.65. The van der Waals surface area contributed by atoms with Gasteiger partial charge < -0.3 is 9.84 Å². The van der Waals surface area contributed by atoms with Crippen LogP contribution in [0, 0.1) is 0 Å². The molecule has 188 valence electrons. The average molecular weight is 507 g/mol. The first-order chi connectivity index (χ1) is 17.5. The summed E-state index contributed by atoms with van der Waals surface area (Å²) in [5.41, 5.74) is 2.85. The van der Waals surface area contributed by atoms with Gasteiger partial charge in [-0.1, -0.05) is 67.8 Å². The Kier molecular flexibility index (Phi) is 7.31. The van der Waals surface area contributed by atoms with Crippen LogP contribution in [0.3, 0.4) is 0 Å². The first-order valence-electron chi connectivity index (χ1n) is 12.3. The lowest BCUT2D eigenvalue weighted by atomic mass is 10.0. The van der Waals surface area contributed by atoms with Gasteiger partial charge in [0.25, 0.3) is 10.0 Å². The Hall–Kier alpha value is -3.27. The van der Waals surface area contributed by atoms with Gasteiger partial charge in [-0.25, -0.2) is 18.1 Å². The number of nitrogens with one attached hydrogen (secondary N) is 2. The predicted octanol–water partition coefficient (Wildman–Crippen LogP) is 4.65. The quantitative estimate of drug-likeness (QED) is 0.407. The monoisotopic (exact) mass is 506 g/mol. The maximum Gasteiger partial charge on any atom is 0.264 e. The van der Waals surface area contributed by atoms with Crippen LogP contribution in [0.5, 0.6) is 5.88 Å². The van der Waals surface area contributed by atoms with Crippen molar-refractivity contribution in [2.45, 2.75) is 55.7 Å². The van der Waals surface area contributed by atoms with Crippen molar-refractivity contribution in [1.29, 1.82) is 0 Å². The van der Waals surface area contributed by atoms with E-state index in [1.807, 2.05) is 24.3 Å². The molecule has 0 amide bonds. The van der Waals surface area contributed by atoms with Gasteiger partial charge in [0.15, 0.2) is 0 Å². The molecule has 2 aromatic carbocycles. The third-order valence-corrected chi connectivity index (χ3v) is 7.77. The van der Waals surface area contributed by atoms with Gasteiger partial charge >= 0.3 is 0 Å². The smallest absolute Gasteiger partial charge is 0.264 e. The number of nitrogens with zero attached hydrogens (tertiary/aromatic N) is 2. The van der Waals surface area contributed by atoms with Crippen LogP contribution in [0.4, 0.5) is 5.95 Å². The van der Waals surface area contributed by atoms with E-state index in [9.17, 15) is 13.5 Å². The Bertz CT molecular complexity index is 1360. The summed E-state index contributed by atoms with van der Waals surface area (Å²) in [6, 6.07) is 15.7. The number of anilines is 1. The highest BCUT2D eigenvalue weighted by atomic mass is 32.2. The molecule has 3 N–H and O–H groups in total. The molecule has 9 heteroatoms. The lowest BCUT2D eigenvalue weighted by Gasteiger charge is -2.23. The van der Waals surface area contributed by atoms with Gasteiger partial charge in [0.2, 0.25) is 11.8 Å². The average Bonchev–Trinajstić information content (AvgIpc) is 2.87. The first kappa shape index (κ1) is 24.4. The van der Waals surface area contributed by atoms with Crippen LogP contribution in [-0.4, -0.2) is 36.1 Å². The van der Waals surface area contributed by atoms with Gasteiger partial charge in [-0.2, -0.15) is 4.98 Å². The summed E-state index contributed by atoms with van der Waals surface area (Å²) in [6.45, 7) is 0.265. The number of hydrogen-bond acceptors (Lipinski definition) is 7. The van der Waals surface area contributed by atoms with Gasteiger partial charge in [-0.3, -0.25) is 5.32 Å². The van der Waals surface area contributed by atoms with E-state index in [0.717, 1.165) is 49.7 Å². The number of aliphatic hydroxyl groups is 1. The maximum atomic E-state index is 13.2. The minimum Gasteiger partial charge on any atom is -0.476 e.